The summed E-state index contributed by atoms with van der Waals surface area (Å²) < 4.78 is 5.34. The summed E-state index contributed by atoms with van der Waals surface area (Å²) >= 11 is 1.43. The van der Waals surface area contributed by atoms with Gasteiger partial charge in [-0.3, -0.25) is 10.1 Å². The van der Waals surface area contributed by atoms with E-state index in [1.54, 1.807) is 0 Å². The second-order valence-electron chi connectivity index (χ2n) is 4.98. The third-order valence-electron chi connectivity index (χ3n) is 3.39. The number of rotatable bonds is 5. The molecule has 1 N–H and O–H groups in total. The number of aromatic nitrogens is 2. The van der Waals surface area contributed by atoms with E-state index in [9.17, 15) is 4.79 Å². The van der Waals surface area contributed by atoms with Gasteiger partial charge < -0.3 is 4.74 Å². The zero-order chi connectivity index (χ0) is 14.5. The van der Waals surface area contributed by atoms with Gasteiger partial charge in [0.25, 0.3) is 5.91 Å². The van der Waals surface area contributed by atoms with Crippen molar-refractivity contribution in [1.82, 2.24) is 10.2 Å². The minimum Gasteiger partial charge on any atom is -0.368 e. The van der Waals surface area contributed by atoms with Gasteiger partial charge in [0, 0.05) is 13.0 Å². The Bertz CT molecular complexity index is 594. The summed E-state index contributed by atoms with van der Waals surface area (Å²) in [6, 6.07) is 10.3. The van der Waals surface area contributed by atoms with Gasteiger partial charge >= 0.3 is 0 Å². The number of anilines is 1. The van der Waals surface area contributed by atoms with E-state index in [4.69, 9.17) is 4.74 Å². The summed E-state index contributed by atoms with van der Waals surface area (Å²) in [7, 11) is 0. The lowest BCUT2D eigenvalue weighted by Crippen LogP contribution is -2.26. The van der Waals surface area contributed by atoms with Crippen LogP contribution in [0.25, 0.3) is 0 Å². The monoisotopic (exact) mass is 303 g/mol. The van der Waals surface area contributed by atoms with Crippen LogP contribution >= 0.6 is 11.3 Å². The first kappa shape index (κ1) is 14.2. The number of carbonyl (C=O) groups excluding carboxylic acids is 1. The van der Waals surface area contributed by atoms with Crippen LogP contribution in [0.5, 0.6) is 0 Å². The van der Waals surface area contributed by atoms with E-state index < -0.39 is 0 Å². The van der Waals surface area contributed by atoms with E-state index in [1.807, 2.05) is 18.2 Å². The fraction of sp³-hybridized carbons (Fsp3) is 0.400. The third kappa shape index (κ3) is 3.86. The molecule has 0 radical (unpaired) electrons. The van der Waals surface area contributed by atoms with Crippen molar-refractivity contribution in [3.63, 3.8) is 0 Å². The van der Waals surface area contributed by atoms with Crippen LogP contribution < -0.4 is 5.32 Å². The predicted octanol–water partition coefficient (Wildman–Crippen LogP) is 2.44. The van der Waals surface area contributed by atoms with Crippen molar-refractivity contribution in [1.29, 1.82) is 0 Å². The number of carbonyl (C=O) groups is 1. The smallest absolute Gasteiger partial charge is 0.255 e. The molecule has 1 aliphatic heterocycles. The number of amides is 1. The standard InChI is InChI=1S/C15H17N3O2S/c19-14(12-7-4-10-20-12)16-15-18-17-13(21-15)9-8-11-5-2-1-3-6-11/h1-3,5-6,12H,4,7-10H2,(H,16,18,19)/t12-/m1/s1. The summed E-state index contributed by atoms with van der Waals surface area (Å²) in [5.41, 5.74) is 1.28. The molecule has 0 spiro atoms. The number of aryl methyl sites for hydroxylation is 2. The Hall–Kier alpha value is -1.79. The number of benzene rings is 1. The average molecular weight is 303 g/mol. The van der Waals surface area contributed by atoms with Gasteiger partial charge in [0.05, 0.1) is 0 Å². The second-order valence-corrected chi connectivity index (χ2v) is 6.04. The van der Waals surface area contributed by atoms with Gasteiger partial charge in [-0.1, -0.05) is 41.7 Å². The minimum atomic E-state index is -0.332. The highest BCUT2D eigenvalue weighted by atomic mass is 32.1. The van der Waals surface area contributed by atoms with E-state index in [0.717, 1.165) is 30.7 Å². The Morgan fingerprint density at radius 1 is 1.29 bits per heavy atom. The Morgan fingerprint density at radius 3 is 2.90 bits per heavy atom. The Kier molecular flexibility index (Phi) is 4.57. The number of nitrogens with zero attached hydrogens (tertiary/aromatic N) is 2. The molecule has 1 saturated heterocycles. The predicted molar refractivity (Wildman–Crippen MR) is 81.4 cm³/mol. The number of hydrogen-bond donors (Lipinski definition) is 1. The first-order valence-corrected chi connectivity index (χ1v) is 7.92. The molecule has 0 saturated carbocycles. The minimum absolute atomic E-state index is 0.113. The summed E-state index contributed by atoms with van der Waals surface area (Å²) in [5.74, 6) is -0.113. The largest absolute Gasteiger partial charge is 0.368 e. The Morgan fingerprint density at radius 2 is 2.14 bits per heavy atom. The van der Waals surface area contributed by atoms with Crippen LogP contribution in [0, 0.1) is 0 Å². The normalized spacial score (nSPS) is 17.8. The molecule has 110 valence electrons. The van der Waals surface area contributed by atoms with Crippen LogP contribution in [0.15, 0.2) is 30.3 Å². The molecule has 1 aliphatic rings. The van der Waals surface area contributed by atoms with Crippen molar-refractivity contribution in [3.8, 4) is 0 Å². The van der Waals surface area contributed by atoms with Crippen molar-refractivity contribution < 1.29 is 9.53 Å². The Labute approximate surface area is 127 Å². The van der Waals surface area contributed by atoms with Crippen LogP contribution in [0.1, 0.15) is 23.4 Å². The van der Waals surface area contributed by atoms with Crippen LogP contribution in [0.4, 0.5) is 5.13 Å². The molecule has 1 amide bonds. The molecule has 0 unspecified atom stereocenters. The SMILES string of the molecule is O=C(Nc1nnc(CCc2ccccc2)s1)[C@H]1CCCO1. The molecule has 1 aromatic carbocycles. The van der Waals surface area contributed by atoms with Crippen molar-refractivity contribution in [2.45, 2.75) is 31.8 Å². The fourth-order valence-corrected chi connectivity index (χ4v) is 3.01. The van der Waals surface area contributed by atoms with Crippen molar-refractivity contribution >= 4 is 22.4 Å². The van der Waals surface area contributed by atoms with Crippen LogP contribution in [0.3, 0.4) is 0 Å². The molecule has 6 heteroatoms. The molecule has 0 aliphatic carbocycles. The molecule has 5 nitrogen and oxygen atoms in total. The zero-order valence-electron chi connectivity index (χ0n) is 11.6. The van der Waals surface area contributed by atoms with Crippen LogP contribution in [-0.2, 0) is 22.4 Å². The summed E-state index contributed by atoms with van der Waals surface area (Å²) in [6.45, 7) is 0.663. The van der Waals surface area contributed by atoms with Gasteiger partial charge in [0.15, 0.2) is 0 Å². The van der Waals surface area contributed by atoms with E-state index in [1.165, 1.54) is 16.9 Å². The summed E-state index contributed by atoms with van der Waals surface area (Å²) in [4.78, 5) is 11.9. The lowest BCUT2D eigenvalue weighted by molar-refractivity contribution is -0.124. The van der Waals surface area contributed by atoms with E-state index in [-0.39, 0.29) is 12.0 Å². The van der Waals surface area contributed by atoms with E-state index in [0.29, 0.717) is 11.7 Å². The molecule has 1 atom stereocenters. The summed E-state index contributed by atoms with van der Waals surface area (Å²) in [6.07, 6.45) is 3.15. The molecular weight excluding hydrogens is 286 g/mol. The maximum Gasteiger partial charge on any atom is 0.255 e. The van der Waals surface area contributed by atoms with Gasteiger partial charge in [-0.25, -0.2) is 0 Å². The first-order valence-electron chi connectivity index (χ1n) is 7.10. The van der Waals surface area contributed by atoms with Gasteiger partial charge in [-0.05, 0) is 24.8 Å². The van der Waals surface area contributed by atoms with Gasteiger partial charge in [-0.15, -0.1) is 10.2 Å². The molecule has 1 fully saturated rings. The van der Waals surface area contributed by atoms with Crippen LogP contribution in [-0.4, -0.2) is 28.8 Å². The lowest BCUT2D eigenvalue weighted by atomic mass is 10.1. The van der Waals surface area contributed by atoms with Crippen molar-refractivity contribution in [2.75, 3.05) is 11.9 Å². The van der Waals surface area contributed by atoms with Crippen molar-refractivity contribution in [2.24, 2.45) is 0 Å². The highest BCUT2D eigenvalue weighted by Crippen LogP contribution is 2.19. The molecule has 0 bridgehead atoms. The Balaban J connectivity index is 1.52. The van der Waals surface area contributed by atoms with E-state index in [2.05, 4.69) is 27.6 Å². The molecule has 21 heavy (non-hydrogen) atoms. The molecular formula is C15H17N3O2S. The lowest BCUT2D eigenvalue weighted by Gasteiger charge is -2.06. The second kappa shape index (κ2) is 6.78. The van der Waals surface area contributed by atoms with Gasteiger partial charge in [-0.2, -0.15) is 0 Å². The maximum absolute atomic E-state index is 11.9. The number of nitrogens with one attached hydrogen (secondary N) is 1. The topological polar surface area (TPSA) is 64.1 Å². The van der Waals surface area contributed by atoms with E-state index >= 15 is 0 Å². The van der Waals surface area contributed by atoms with Gasteiger partial charge in [0.2, 0.25) is 5.13 Å². The quantitative estimate of drug-likeness (QED) is 0.921. The maximum atomic E-state index is 11.9. The zero-order valence-corrected chi connectivity index (χ0v) is 12.4. The highest BCUT2D eigenvalue weighted by Gasteiger charge is 2.24. The summed E-state index contributed by atoms with van der Waals surface area (Å²) in [5, 5.41) is 12.4. The molecule has 3 rings (SSSR count). The third-order valence-corrected chi connectivity index (χ3v) is 4.29. The highest BCUT2D eigenvalue weighted by molar-refractivity contribution is 7.15. The number of hydrogen-bond acceptors (Lipinski definition) is 5. The number of ether oxygens (including phenoxy) is 1. The molecule has 2 heterocycles. The van der Waals surface area contributed by atoms with Gasteiger partial charge in [0.1, 0.15) is 11.1 Å². The first-order chi connectivity index (χ1) is 10.3. The van der Waals surface area contributed by atoms with Crippen LogP contribution in [0.2, 0.25) is 0 Å². The molecule has 2 aromatic rings. The molecule has 1 aromatic heterocycles. The van der Waals surface area contributed by atoms with Crippen molar-refractivity contribution in [3.05, 3.63) is 40.9 Å². The average Bonchev–Trinajstić information content (AvgIpc) is 3.18. The fourth-order valence-electron chi connectivity index (χ4n) is 2.27.